The number of aromatic nitrogens is 2. The zero-order chi connectivity index (χ0) is 11.9. The van der Waals surface area contributed by atoms with E-state index in [2.05, 4.69) is 57.0 Å². The Balaban J connectivity index is 3.46. The van der Waals surface area contributed by atoms with Crippen LogP contribution in [0.25, 0.3) is 0 Å². The summed E-state index contributed by atoms with van der Waals surface area (Å²) in [5, 5.41) is 0. The van der Waals surface area contributed by atoms with Gasteiger partial charge in [0, 0.05) is 16.6 Å². The van der Waals surface area contributed by atoms with Crippen molar-refractivity contribution in [3.05, 3.63) is 17.7 Å². The monoisotopic (exact) mass is 204 g/mol. The Morgan fingerprint density at radius 1 is 1.20 bits per heavy atom. The van der Waals surface area contributed by atoms with Gasteiger partial charge in [-0.25, -0.2) is 4.98 Å². The summed E-state index contributed by atoms with van der Waals surface area (Å²) in [4.78, 5) is 4.29. The lowest BCUT2D eigenvalue weighted by Crippen LogP contribution is -2.30. The number of imidazole rings is 1. The predicted octanol–water partition coefficient (Wildman–Crippen LogP) is 2.92. The average molecular weight is 204 g/mol. The molecule has 0 atom stereocenters. The molecule has 0 unspecified atom stereocenters. The molecule has 0 radical (unpaired) electrons. The fourth-order valence-corrected chi connectivity index (χ4v) is 1.66. The van der Waals surface area contributed by atoms with E-state index >= 15 is 0 Å². The normalized spacial score (nSPS) is 12.6. The van der Waals surface area contributed by atoms with Crippen LogP contribution in [0, 0.1) is 12.3 Å². The molecule has 2 nitrogen and oxygen atoms in total. The van der Waals surface area contributed by atoms with E-state index in [0.29, 0.717) is 5.82 Å². The van der Waals surface area contributed by atoms with Gasteiger partial charge in [0.2, 0.25) is 0 Å². The van der Waals surface area contributed by atoms with Crippen LogP contribution < -0.4 is 0 Å². The molecule has 2 heteroatoms. The maximum atomic E-state index is 5.47. The zero-order valence-corrected chi connectivity index (χ0v) is 10.5. The molecule has 0 aliphatic rings. The molecule has 0 bridgehead atoms. The predicted molar refractivity (Wildman–Crippen MR) is 63.9 cm³/mol. The Kier molecular flexibility index (Phi) is 2.69. The lowest BCUT2D eigenvalue weighted by molar-refractivity contribution is 0.357. The van der Waals surface area contributed by atoms with Gasteiger partial charge in [0.1, 0.15) is 0 Å². The van der Waals surface area contributed by atoms with Crippen LogP contribution in [0.4, 0.5) is 0 Å². The molecule has 0 saturated carbocycles. The maximum Gasteiger partial charge on any atom is 0.185 e. The maximum absolute atomic E-state index is 5.47. The summed E-state index contributed by atoms with van der Waals surface area (Å²) >= 11 is 0. The van der Waals surface area contributed by atoms with Crippen molar-refractivity contribution in [2.75, 3.05) is 0 Å². The lowest BCUT2D eigenvalue weighted by Gasteiger charge is -2.30. The summed E-state index contributed by atoms with van der Waals surface area (Å²) in [6.07, 6.45) is 7.36. The second-order valence-electron chi connectivity index (χ2n) is 5.87. The third-order valence-corrected chi connectivity index (χ3v) is 2.33. The summed E-state index contributed by atoms with van der Waals surface area (Å²) in [7, 11) is 0. The van der Waals surface area contributed by atoms with Crippen molar-refractivity contribution in [3.63, 3.8) is 0 Å². The summed E-state index contributed by atoms with van der Waals surface area (Å²) in [6, 6.07) is 0. The molecule has 0 aromatic carbocycles. The van der Waals surface area contributed by atoms with Gasteiger partial charge >= 0.3 is 0 Å². The van der Waals surface area contributed by atoms with Gasteiger partial charge in [-0.3, -0.25) is 0 Å². The molecule has 1 heterocycles. The largest absolute Gasteiger partial charge is 0.316 e. The average Bonchev–Trinajstić information content (AvgIpc) is 2.44. The molecule has 0 aliphatic heterocycles. The van der Waals surface area contributed by atoms with Gasteiger partial charge in [-0.15, -0.1) is 6.42 Å². The molecule has 0 saturated heterocycles. The van der Waals surface area contributed by atoms with E-state index in [1.54, 1.807) is 0 Å². The zero-order valence-electron chi connectivity index (χ0n) is 10.5. The molecular formula is C13H20N2. The van der Waals surface area contributed by atoms with Crippen LogP contribution in [0.1, 0.15) is 53.1 Å². The Morgan fingerprint density at radius 2 is 1.73 bits per heavy atom. The van der Waals surface area contributed by atoms with Gasteiger partial charge in [0.05, 0.1) is 6.20 Å². The van der Waals surface area contributed by atoms with Crippen LogP contribution in [0.5, 0.6) is 0 Å². The van der Waals surface area contributed by atoms with E-state index in [1.165, 1.54) is 5.69 Å². The van der Waals surface area contributed by atoms with Crippen LogP contribution in [0.3, 0.4) is 0 Å². The molecule has 15 heavy (non-hydrogen) atoms. The number of hydrogen-bond acceptors (Lipinski definition) is 1. The Morgan fingerprint density at radius 3 is 2.07 bits per heavy atom. The highest BCUT2D eigenvalue weighted by Crippen LogP contribution is 2.28. The first-order chi connectivity index (χ1) is 6.68. The molecule has 1 aromatic heterocycles. The van der Waals surface area contributed by atoms with Crippen molar-refractivity contribution in [2.45, 2.75) is 52.5 Å². The minimum Gasteiger partial charge on any atom is -0.316 e. The van der Waals surface area contributed by atoms with Gasteiger partial charge in [0.25, 0.3) is 0 Å². The summed E-state index contributed by atoms with van der Waals surface area (Å²) in [6.45, 7) is 13.0. The molecule has 0 amide bonds. The van der Waals surface area contributed by atoms with Crippen LogP contribution >= 0.6 is 0 Å². The Hall–Kier alpha value is -1.23. The molecule has 0 fully saturated rings. The van der Waals surface area contributed by atoms with Gasteiger partial charge in [-0.1, -0.05) is 20.8 Å². The second kappa shape index (κ2) is 3.41. The third kappa shape index (κ3) is 2.23. The number of rotatable bonds is 0. The van der Waals surface area contributed by atoms with Crippen LogP contribution in [0.15, 0.2) is 6.20 Å². The van der Waals surface area contributed by atoms with Gasteiger partial charge in [-0.2, -0.15) is 0 Å². The molecule has 82 valence electrons. The van der Waals surface area contributed by atoms with Gasteiger partial charge in [-0.05, 0) is 26.7 Å². The van der Waals surface area contributed by atoms with Crippen LogP contribution in [-0.2, 0) is 11.0 Å². The number of terminal acetylenes is 1. The third-order valence-electron chi connectivity index (χ3n) is 2.33. The summed E-state index contributed by atoms with van der Waals surface area (Å²) in [5.41, 5.74) is 1.22. The highest BCUT2D eigenvalue weighted by Gasteiger charge is 2.27. The van der Waals surface area contributed by atoms with Gasteiger partial charge in [0.15, 0.2) is 5.82 Å². The quantitative estimate of drug-likeness (QED) is 0.594. The topological polar surface area (TPSA) is 17.8 Å². The smallest absolute Gasteiger partial charge is 0.185 e. The van der Waals surface area contributed by atoms with Crippen molar-refractivity contribution in [1.29, 1.82) is 0 Å². The highest BCUT2D eigenvalue weighted by molar-refractivity contribution is 5.26. The van der Waals surface area contributed by atoms with E-state index in [9.17, 15) is 0 Å². The SMILES string of the molecule is C#Cc1ncc(C(C)(C)C)n1C(C)(C)C. The molecule has 1 aromatic rings. The molecule has 0 N–H and O–H groups in total. The van der Waals surface area contributed by atoms with Crippen LogP contribution in [0.2, 0.25) is 0 Å². The number of hydrogen-bond donors (Lipinski definition) is 0. The van der Waals surface area contributed by atoms with Crippen molar-refractivity contribution < 1.29 is 0 Å². The molecule has 0 aliphatic carbocycles. The fraction of sp³-hybridized carbons (Fsp3) is 0.615. The molecule has 0 spiro atoms. The van der Waals surface area contributed by atoms with Crippen molar-refractivity contribution in [2.24, 2.45) is 0 Å². The Bertz CT molecular complexity index is 392. The van der Waals surface area contributed by atoms with E-state index in [1.807, 2.05) is 6.20 Å². The minimum absolute atomic E-state index is 0.0270. The summed E-state index contributed by atoms with van der Waals surface area (Å²) in [5.74, 6) is 3.36. The second-order valence-corrected chi connectivity index (χ2v) is 5.87. The van der Waals surface area contributed by atoms with E-state index in [-0.39, 0.29) is 11.0 Å². The van der Waals surface area contributed by atoms with E-state index in [0.717, 1.165) is 0 Å². The molecular weight excluding hydrogens is 184 g/mol. The van der Waals surface area contributed by atoms with Gasteiger partial charge < -0.3 is 4.57 Å². The first kappa shape index (κ1) is 11.8. The first-order valence-electron chi connectivity index (χ1n) is 5.23. The first-order valence-corrected chi connectivity index (χ1v) is 5.23. The molecule has 1 rings (SSSR count). The highest BCUT2D eigenvalue weighted by atomic mass is 15.1. The van der Waals surface area contributed by atoms with Crippen molar-refractivity contribution in [1.82, 2.24) is 9.55 Å². The van der Waals surface area contributed by atoms with Crippen molar-refractivity contribution >= 4 is 0 Å². The fourth-order valence-electron chi connectivity index (χ4n) is 1.66. The minimum atomic E-state index is -0.0270. The van der Waals surface area contributed by atoms with Crippen molar-refractivity contribution in [3.8, 4) is 12.3 Å². The standard InChI is InChI=1S/C13H20N2/c1-8-11-14-9-10(12(2,3)4)15(11)13(5,6)7/h1,9H,2-7H3. The van der Waals surface area contributed by atoms with E-state index < -0.39 is 0 Å². The Labute approximate surface area is 92.7 Å². The number of nitrogens with zero attached hydrogens (tertiary/aromatic N) is 2. The summed E-state index contributed by atoms with van der Waals surface area (Å²) < 4.78 is 2.15. The lowest BCUT2D eigenvalue weighted by atomic mass is 9.91. The van der Waals surface area contributed by atoms with Crippen LogP contribution in [-0.4, -0.2) is 9.55 Å². The van der Waals surface area contributed by atoms with E-state index in [4.69, 9.17) is 6.42 Å².